The molecule has 0 atom stereocenters. The Morgan fingerprint density at radius 1 is 1.10 bits per heavy atom. The fourth-order valence-corrected chi connectivity index (χ4v) is 4.31. The van der Waals surface area contributed by atoms with Gasteiger partial charge in [0.25, 0.3) is 5.91 Å². The van der Waals surface area contributed by atoms with Crippen LogP contribution in [-0.2, 0) is 11.3 Å². The van der Waals surface area contributed by atoms with Gasteiger partial charge in [-0.05, 0) is 41.5 Å². The van der Waals surface area contributed by atoms with Gasteiger partial charge in [0.05, 0.1) is 5.52 Å². The van der Waals surface area contributed by atoms with Gasteiger partial charge in [-0.1, -0.05) is 29.8 Å². The number of amides is 1. The van der Waals surface area contributed by atoms with E-state index in [0.29, 0.717) is 28.9 Å². The number of nitrogens with zero attached hydrogens (tertiary/aromatic N) is 2. The number of nitrogens with one attached hydrogen (secondary N) is 1. The lowest BCUT2D eigenvalue weighted by Crippen LogP contribution is -2.28. The summed E-state index contributed by atoms with van der Waals surface area (Å²) >= 11 is 7.48. The van der Waals surface area contributed by atoms with Crippen LogP contribution in [0.4, 0.5) is 0 Å². The summed E-state index contributed by atoms with van der Waals surface area (Å²) in [6.45, 7) is 0.428. The summed E-state index contributed by atoms with van der Waals surface area (Å²) in [5.74, 6) is 1.52. The molecule has 31 heavy (non-hydrogen) atoms. The second kappa shape index (κ2) is 8.41. The van der Waals surface area contributed by atoms with Gasteiger partial charge in [-0.25, -0.2) is 9.97 Å². The third-order valence-electron chi connectivity index (χ3n) is 4.67. The summed E-state index contributed by atoms with van der Waals surface area (Å²) in [7, 11) is 0. The minimum Gasteiger partial charge on any atom is -0.466 e. The quantitative estimate of drug-likeness (QED) is 0.465. The van der Waals surface area contributed by atoms with E-state index in [9.17, 15) is 4.79 Å². The number of hydrogen-bond acceptors (Lipinski definition) is 7. The van der Waals surface area contributed by atoms with Gasteiger partial charge in [0.1, 0.15) is 11.0 Å². The second-order valence-corrected chi connectivity index (χ2v) is 8.25. The highest BCUT2D eigenvalue weighted by molar-refractivity contribution is 7.22. The smallest absolute Gasteiger partial charge is 0.258 e. The van der Waals surface area contributed by atoms with Crippen molar-refractivity contribution < 1.29 is 19.0 Å². The van der Waals surface area contributed by atoms with Crippen LogP contribution in [0.5, 0.6) is 17.4 Å². The molecule has 2 aromatic heterocycles. The van der Waals surface area contributed by atoms with Crippen molar-refractivity contribution in [2.24, 2.45) is 0 Å². The van der Waals surface area contributed by atoms with Crippen molar-refractivity contribution in [3.8, 4) is 27.8 Å². The maximum absolute atomic E-state index is 12.3. The Kier molecular flexibility index (Phi) is 5.31. The highest BCUT2D eigenvalue weighted by Crippen LogP contribution is 2.37. The number of aromatic nitrogens is 2. The molecule has 9 heteroatoms. The van der Waals surface area contributed by atoms with Crippen molar-refractivity contribution >= 4 is 39.1 Å². The minimum atomic E-state index is -0.251. The third kappa shape index (κ3) is 4.26. The molecule has 156 valence electrons. The third-order valence-corrected chi connectivity index (χ3v) is 6.09. The van der Waals surface area contributed by atoms with Crippen LogP contribution in [0.1, 0.15) is 5.56 Å². The number of benzene rings is 2. The lowest BCUT2D eigenvalue weighted by Gasteiger charge is -2.08. The maximum atomic E-state index is 12.3. The second-order valence-electron chi connectivity index (χ2n) is 6.76. The molecular formula is C22H16ClN3O4S. The standard InChI is InChI=1S/C22H16ClN3O4S/c23-15-4-2-14(3-5-15)19-8-16-21(31-19)22(26-11-25-16)28-10-20(27)24-9-13-1-6-17-18(7-13)30-12-29-17/h1-8,11H,9-10,12H2,(H,24,27). The van der Waals surface area contributed by atoms with Gasteiger partial charge in [-0.2, -0.15) is 0 Å². The predicted octanol–water partition coefficient (Wildman–Crippen LogP) is 4.44. The van der Waals surface area contributed by atoms with Crippen LogP contribution in [0.3, 0.4) is 0 Å². The molecule has 0 radical (unpaired) electrons. The summed E-state index contributed by atoms with van der Waals surface area (Å²) in [6, 6.07) is 15.1. The number of rotatable bonds is 6. The van der Waals surface area contributed by atoms with Crippen LogP contribution in [0.2, 0.25) is 5.02 Å². The molecule has 3 heterocycles. The molecular weight excluding hydrogens is 438 g/mol. The maximum Gasteiger partial charge on any atom is 0.258 e. The molecule has 1 amide bonds. The largest absolute Gasteiger partial charge is 0.466 e. The van der Waals surface area contributed by atoms with Crippen LogP contribution in [0.25, 0.3) is 20.7 Å². The van der Waals surface area contributed by atoms with E-state index in [0.717, 1.165) is 26.2 Å². The van der Waals surface area contributed by atoms with E-state index < -0.39 is 0 Å². The van der Waals surface area contributed by atoms with E-state index in [4.69, 9.17) is 25.8 Å². The summed E-state index contributed by atoms with van der Waals surface area (Å²) in [6.07, 6.45) is 1.43. The van der Waals surface area contributed by atoms with Crippen LogP contribution < -0.4 is 19.5 Å². The predicted molar refractivity (Wildman–Crippen MR) is 118 cm³/mol. The lowest BCUT2D eigenvalue weighted by molar-refractivity contribution is -0.123. The highest BCUT2D eigenvalue weighted by atomic mass is 35.5. The van der Waals surface area contributed by atoms with Crippen molar-refractivity contribution in [3.63, 3.8) is 0 Å². The van der Waals surface area contributed by atoms with Gasteiger partial charge in [-0.3, -0.25) is 4.79 Å². The first kappa shape index (κ1) is 19.6. The molecule has 1 aliphatic heterocycles. The Morgan fingerprint density at radius 3 is 2.81 bits per heavy atom. The molecule has 5 rings (SSSR count). The minimum absolute atomic E-state index is 0.148. The average Bonchev–Trinajstić information content (AvgIpc) is 3.43. The Hall–Kier alpha value is -3.36. The Balaban J connectivity index is 1.24. The number of fused-ring (bicyclic) bond motifs is 2. The van der Waals surface area contributed by atoms with E-state index in [-0.39, 0.29) is 19.3 Å². The van der Waals surface area contributed by atoms with Gasteiger partial charge in [0.15, 0.2) is 18.1 Å². The molecule has 0 bridgehead atoms. The lowest BCUT2D eigenvalue weighted by atomic mass is 10.2. The molecule has 0 spiro atoms. The Bertz CT molecular complexity index is 1260. The number of hydrogen-bond donors (Lipinski definition) is 1. The zero-order valence-electron chi connectivity index (χ0n) is 16.1. The normalized spacial score (nSPS) is 12.2. The molecule has 0 saturated heterocycles. The molecule has 0 aliphatic carbocycles. The van der Waals surface area contributed by atoms with Crippen molar-refractivity contribution in [3.05, 3.63) is 65.4 Å². The van der Waals surface area contributed by atoms with Crippen LogP contribution >= 0.6 is 22.9 Å². The Morgan fingerprint density at radius 2 is 1.94 bits per heavy atom. The number of ether oxygens (including phenoxy) is 3. The zero-order chi connectivity index (χ0) is 21.2. The Labute approximate surface area is 186 Å². The van der Waals surface area contributed by atoms with Gasteiger partial charge >= 0.3 is 0 Å². The SMILES string of the molecule is O=C(COc1ncnc2cc(-c3ccc(Cl)cc3)sc12)NCc1ccc2c(c1)OCO2. The topological polar surface area (TPSA) is 82.6 Å². The monoisotopic (exact) mass is 453 g/mol. The number of carbonyl (C=O) groups excluding carboxylic acids is 1. The van der Waals surface area contributed by atoms with Crippen LogP contribution in [0.15, 0.2) is 54.9 Å². The molecule has 2 aromatic carbocycles. The average molecular weight is 454 g/mol. The number of thiophene rings is 1. The van der Waals surface area contributed by atoms with E-state index in [1.54, 1.807) is 0 Å². The van der Waals surface area contributed by atoms with E-state index in [2.05, 4.69) is 15.3 Å². The number of halogens is 1. The molecule has 1 aliphatic rings. The van der Waals surface area contributed by atoms with Crippen molar-refractivity contribution in [1.82, 2.24) is 15.3 Å². The van der Waals surface area contributed by atoms with E-state index in [1.807, 2.05) is 48.5 Å². The summed E-state index contributed by atoms with van der Waals surface area (Å²) in [4.78, 5) is 21.8. The summed E-state index contributed by atoms with van der Waals surface area (Å²) in [5, 5.41) is 3.51. The van der Waals surface area contributed by atoms with Gasteiger partial charge in [0.2, 0.25) is 12.7 Å². The molecule has 0 saturated carbocycles. The van der Waals surface area contributed by atoms with Crippen LogP contribution in [0, 0.1) is 0 Å². The van der Waals surface area contributed by atoms with E-state index in [1.165, 1.54) is 17.7 Å². The van der Waals surface area contributed by atoms with E-state index >= 15 is 0 Å². The van der Waals surface area contributed by atoms with Gasteiger partial charge in [0, 0.05) is 16.4 Å². The van der Waals surface area contributed by atoms with Gasteiger partial charge in [-0.15, -0.1) is 11.3 Å². The molecule has 1 N–H and O–H groups in total. The fraction of sp³-hybridized carbons (Fsp3) is 0.136. The zero-order valence-corrected chi connectivity index (χ0v) is 17.7. The van der Waals surface area contributed by atoms with Crippen molar-refractivity contribution in [2.75, 3.05) is 13.4 Å². The highest BCUT2D eigenvalue weighted by Gasteiger charge is 2.15. The fourth-order valence-electron chi connectivity index (χ4n) is 3.13. The molecule has 4 aromatic rings. The first-order chi connectivity index (χ1) is 15.2. The molecule has 0 fully saturated rings. The van der Waals surface area contributed by atoms with Crippen LogP contribution in [-0.4, -0.2) is 29.3 Å². The first-order valence-electron chi connectivity index (χ1n) is 9.44. The molecule has 7 nitrogen and oxygen atoms in total. The molecule has 0 unspecified atom stereocenters. The first-order valence-corrected chi connectivity index (χ1v) is 10.6. The summed E-state index contributed by atoms with van der Waals surface area (Å²) < 4.78 is 17.1. The van der Waals surface area contributed by atoms with Crippen molar-refractivity contribution in [1.29, 1.82) is 0 Å². The number of carbonyl (C=O) groups is 1. The summed E-state index contributed by atoms with van der Waals surface area (Å²) in [5.41, 5.74) is 2.70. The van der Waals surface area contributed by atoms with Gasteiger partial charge < -0.3 is 19.5 Å². The van der Waals surface area contributed by atoms with Crippen molar-refractivity contribution in [2.45, 2.75) is 6.54 Å².